The summed E-state index contributed by atoms with van der Waals surface area (Å²) in [6, 6.07) is 30.0. The van der Waals surface area contributed by atoms with Crippen LogP contribution in [-0.2, 0) is 32.6 Å². The largest absolute Gasteiger partial charge is 0.350 e. The Kier molecular flexibility index (Phi) is 11.3. The van der Waals surface area contributed by atoms with Gasteiger partial charge in [0.2, 0.25) is 11.8 Å². The van der Waals surface area contributed by atoms with Crippen molar-refractivity contribution in [2.24, 2.45) is 0 Å². The molecule has 0 spiro atoms. The average molecular weight is 658 g/mol. The first-order valence-electron chi connectivity index (χ1n) is 15.2. The van der Waals surface area contributed by atoms with Crippen LogP contribution in [0.5, 0.6) is 0 Å². The van der Waals surface area contributed by atoms with Gasteiger partial charge in [0.25, 0.3) is 10.0 Å². The lowest BCUT2D eigenvalue weighted by atomic mass is 10.00. The average Bonchev–Trinajstić information content (AvgIpc) is 3.02. The van der Waals surface area contributed by atoms with E-state index in [0.29, 0.717) is 5.69 Å². The summed E-state index contributed by atoms with van der Waals surface area (Å²) in [5, 5.41) is 3.07. The summed E-state index contributed by atoms with van der Waals surface area (Å²) in [5.74, 6) is -0.797. The maximum absolute atomic E-state index is 14.6. The molecule has 0 saturated heterocycles. The Morgan fingerprint density at radius 2 is 1.43 bits per heavy atom. The smallest absolute Gasteiger partial charge is 0.264 e. The van der Waals surface area contributed by atoms with E-state index in [9.17, 15) is 18.0 Å². The molecule has 242 valence electrons. The first kappa shape index (κ1) is 34.8. The SMILES string of the molecule is CSc1ccc(S(=O)(=O)N(CC(=O)N(Cc2ccccc2C)C(Cc2ccccc2)C(=O)NC(C)(C)C)c2ccc(C)cc2)cc1. The van der Waals surface area contributed by atoms with Gasteiger partial charge in [-0.1, -0.05) is 72.3 Å². The van der Waals surface area contributed by atoms with E-state index in [4.69, 9.17) is 0 Å². The molecular weight excluding hydrogens is 615 g/mol. The normalized spacial score (nSPS) is 12.3. The number of hydrogen-bond acceptors (Lipinski definition) is 5. The topological polar surface area (TPSA) is 86.8 Å². The van der Waals surface area contributed by atoms with Gasteiger partial charge in [0.05, 0.1) is 10.6 Å². The van der Waals surface area contributed by atoms with Crippen molar-refractivity contribution >= 4 is 39.3 Å². The third-order valence-electron chi connectivity index (χ3n) is 7.62. The third-order valence-corrected chi connectivity index (χ3v) is 10.2. The van der Waals surface area contributed by atoms with E-state index >= 15 is 0 Å². The molecule has 1 atom stereocenters. The predicted molar refractivity (Wildman–Crippen MR) is 187 cm³/mol. The molecule has 46 heavy (non-hydrogen) atoms. The van der Waals surface area contributed by atoms with Crippen LogP contribution >= 0.6 is 11.8 Å². The fourth-order valence-electron chi connectivity index (χ4n) is 5.09. The van der Waals surface area contributed by atoms with Gasteiger partial charge in [0.15, 0.2) is 0 Å². The molecule has 1 N–H and O–H groups in total. The number of sulfonamides is 1. The van der Waals surface area contributed by atoms with Crippen molar-refractivity contribution in [2.45, 2.75) is 69.0 Å². The van der Waals surface area contributed by atoms with Crippen molar-refractivity contribution in [1.82, 2.24) is 10.2 Å². The standard InChI is InChI=1S/C37H43N3O4S2/c1-27-16-18-31(19-17-27)40(46(43,44)33-22-20-32(45-6)21-23-33)26-35(41)39(25-30-15-11-10-12-28(30)2)34(36(42)38-37(3,4)5)24-29-13-8-7-9-14-29/h7-23,34H,24-26H2,1-6H3,(H,38,42). The van der Waals surface area contributed by atoms with Gasteiger partial charge >= 0.3 is 0 Å². The van der Waals surface area contributed by atoms with E-state index in [1.54, 1.807) is 36.4 Å². The summed E-state index contributed by atoms with van der Waals surface area (Å²) >= 11 is 1.51. The molecular formula is C37H43N3O4S2. The van der Waals surface area contributed by atoms with E-state index < -0.39 is 34.1 Å². The summed E-state index contributed by atoms with van der Waals surface area (Å²) in [5.41, 5.74) is 3.49. The Bertz CT molecular complexity index is 1730. The minimum Gasteiger partial charge on any atom is -0.350 e. The molecule has 0 heterocycles. The van der Waals surface area contributed by atoms with E-state index in [1.165, 1.54) is 16.7 Å². The van der Waals surface area contributed by atoms with Gasteiger partial charge in [-0.3, -0.25) is 13.9 Å². The molecule has 0 aromatic heterocycles. The lowest BCUT2D eigenvalue weighted by Crippen LogP contribution is -2.56. The maximum Gasteiger partial charge on any atom is 0.264 e. The molecule has 1 unspecified atom stereocenters. The van der Waals surface area contributed by atoms with E-state index in [1.807, 2.05) is 108 Å². The summed E-state index contributed by atoms with van der Waals surface area (Å²) in [7, 11) is -4.16. The Balaban J connectivity index is 1.82. The van der Waals surface area contributed by atoms with Crippen LogP contribution in [0.25, 0.3) is 0 Å². The van der Waals surface area contributed by atoms with Crippen LogP contribution in [0.2, 0.25) is 0 Å². The summed E-state index contributed by atoms with van der Waals surface area (Å²) in [6.07, 6.45) is 2.18. The minimum absolute atomic E-state index is 0.0791. The van der Waals surface area contributed by atoms with Crippen LogP contribution < -0.4 is 9.62 Å². The van der Waals surface area contributed by atoms with Gasteiger partial charge in [-0.25, -0.2) is 8.42 Å². The van der Waals surface area contributed by atoms with Crippen LogP contribution in [0, 0.1) is 13.8 Å². The van der Waals surface area contributed by atoms with Crippen LogP contribution in [-0.4, -0.2) is 49.5 Å². The van der Waals surface area contributed by atoms with Crippen LogP contribution in [0.4, 0.5) is 5.69 Å². The molecule has 0 aliphatic heterocycles. The number of carbonyl (C=O) groups is 2. The van der Waals surface area contributed by atoms with Gasteiger partial charge in [-0.05, 0) is 94.0 Å². The second-order valence-electron chi connectivity index (χ2n) is 12.4. The molecule has 2 amide bonds. The summed E-state index contributed by atoms with van der Waals surface area (Å²) in [6.45, 7) is 9.20. The highest BCUT2D eigenvalue weighted by Crippen LogP contribution is 2.27. The van der Waals surface area contributed by atoms with Crippen molar-refractivity contribution in [3.05, 3.63) is 125 Å². The molecule has 4 aromatic carbocycles. The number of nitrogens with zero attached hydrogens (tertiary/aromatic N) is 2. The van der Waals surface area contributed by atoms with Gasteiger partial charge in [-0.15, -0.1) is 11.8 Å². The molecule has 0 aliphatic carbocycles. The number of benzene rings is 4. The third kappa shape index (κ3) is 9.01. The monoisotopic (exact) mass is 657 g/mol. The highest BCUT2D eigenvalue weighted by molar-refractivity contribution is 7.98. The number of rotatable bonds is 12. The lowest BCUT2D eigenvalue weighted by molar-refractivity contribution is -0.140. The number of nitrogens with one attached hydrogen (secondary N) is 1. The summed E-state index contributed by atoms with van der Waals surface area (Å²) < 4.78 is 29.6. The molecule has 0 fully saturated rings. The Labute approximate surface area is 278 Å². The molecule has 7 nitrogen and oxygen atoms in total. The Morgan fingerprint density at radius 3 is 2.02 bits per heavy atom. The van der Waals surface area contributed by atoms with Crippen molar-refractivity contribution in [2.75, 3.05) is 17.1 Å². The maximum atomic E-state index is 14.6. The second kappa shape index (κ2) is 15.0. The van der Waals surface area contributed by atoms with Crippen LogP contribution in [0.3, 0.4) is 0 Å². The van der Waals surface area contributed by atoms with Crippen molar-refractivity contribution < 1.29 is 18.0 Å². The molecule has 4 aromatic rings. The first-order chi connectivity index (χ1) is 21.8. The molecule has 4 rings (SSSR count). The fourth-order valence-corrected chi connectivity index (χ4v) is 6.91. The Hall–Kier alpha value is -4.08. The summed E-state index contributed by atoms with van der Waals surface area (Å²) in [4.78, 5) is 31.2. The van der Waals surface area contributed by atoms with Crippen molar-refractivity contribution in [3.63, 3.8) is 0 Å². The highest BCUT2D eigenvalue weighted by atomic mass is 32.2. The van der Waals surface area contributed by atoms with Crippen molar-refractivity contribution in [1.29, 1.82) is 0 Å². The zero-order chi connectivity index (χ0) is 33.5. The molecule has 0 radical (unpaired) electrons. The molecule has 0 aliphatic rings. The fraction of sp³-hybridized carbons (Fsp3) is 0.297. The van der Waals surface area contributed by atoms with Crippen LogP contribution in [0.1, 0.15) is 43.0 Å². The first-order valence-corrected chi connectivity index (χ1v) is 17.9. The van der Waals surface area contributed by atoms with Gasteiger partial charge in [0, 0.05) is 23.4 Å². The molecule has 0 bridgehead atoms. The lowest BCUT2D eigenvalue weighted by Gasteiger charge is -2.35. The number of carbonyl (C=O) groups excluding carboxylic acids is 2. The number of amides is 2. The second-order valence-corrected chi connectivity index (χ2v) is 15.2. The highest BCUT2D eigenvalue weighted by Gasteiger charge is 2.35. The van der Waals surface area contributed by atoms with E-state index in [2.05, 4.69) is 5.32 Å². The predicted octanol–water partition coefficient (Wildman–Crippen LogP) is 6.78. The van der Waals surface area contributed by atoms with Crippen LogP contribution in [0.15, 0.2) is 113 Å². The number of anilines is 1. The molecule has 0 saturated carbocycles. The van der Waals surface area contributed by atoms with Gasteiger partial charge in [-0.2, -0.15) is 0 Å². The zero-order valence-electron chi connectivity index (χ0n) is 27.4. The molecule has 9 heteroatoms. The number of thioether (sulfide) groups is 1. The van der Waals surface area contributed by atoms with E-state index in [-0.39, 0.29) is 23.8 Å². The number of aryl methyl sites for hydroxylation is 2. The Morgan fingerprint density at radius 1 is 0.826 bits per heavy atom. The zero-order valence-corrected chi connectivity index (χ0v) is 29.0. The van der Waals surface area contributed by atoms with Gasteiger partial charge in [0.1, 0.15) is 12.6 Å². The quantitative estimate of drug-likeness (QED) is 0.170. The van der Waals surface area contributed by atoms with Gasteiger partial charge < -0.3 is 10.2 Å². The van der Waals surface area contributed by atoms with E-state index in [0.717, 1.165) is 31.5 Å². The minimum atomic E-state index is -4.16. The van der Waals surface area contributed by atoms with Crippen molar-refractivity contribution in [3.8, 4) is 0 Å². The number of hydrogen-bond donors (Lipinski definition) is 1.